The minimum atomic E-state index is -3.26. The van der Waals surface area contributed by atoms with Crippen molar-refractivity contribution in [3.63, 3.8) is 0 Å². The summed E-state index contributed by atoms with van der Waals surface area (Å²) >= 11 is 0. The molecule has 4 nitrogen and oxygen atoms in total. The van der Waals surface area contributed by atoms with Crippen molar-refractivity contribution in [2.24, 2.45) is 0 Å². The zero-order valence-corrected chi connectivity index (χ0v) is 11.3. The fraction of sp³-hybridized carbons (Fsp3) is 0.538. The zero-order chi connectivity index (χ0) is 13.2. The van der Waals surface area contributed by atoms with E-state index < -0.39 is 16.1 Å². The maximum Gasteiger partial charge on any atom is 0.235 e. The third kappa shape index (κ3) is 3.03. The van der Waals surface area contributed by atoms with Gasteiger partial charge in [0.05, 0.1) is 11.4 Å². The highest BCUT2D eigenvalue weighted by Gasteiger charge is 2.28. The topological polar surface area (TPSA) is 66.4 Å². The molecule has 0 bridgehead atoms. The van der Waals surface area contributed by atoms with Crippen molar-refractivity contribution in [3.05, 3.63) is 29.8 Å². The number of benzene rings is 1. The van der Waals surface area contributed by atoms with Gasteiger partial charge in [-0.2, -0.15) is 0 Å². The van der Waals surface area contributed by atoms with Crippen LogP contribution in [0.1, 0.15) is 44.3 Å². The molecule has 0 aromatic heterocycles. The molecule has 1 aliphatic carbocycles. The summed E-state index contributed by atoms with van der Waals surface area (Å²) in [6, 6.07) is 6.84. The third-order valence-corrected chi connectivity index (χ3v) is 5.26. The lowest BCUT2D eigenvalue weighted by Gasteiger charge is -2.14. The first-order valence-corrected chi connectivity index (χ1v) is 7.83. The van der Waals surface area contributed by atoms with Gasteiger partial charge in [-0.25, -0.2) is 8.42 Å². The number of sulfonamides is 1. The summed E-state index contributed by atoms with van der Waals surface area (Å²) in [5.41, 5.74) is 1.34. The number of aliphatic hydroxyl groups is 1. The molecule has 1 aliphatic rings. The quantitative estimate of drug-likeness (QED) is 0.882. The van der Waals surface area contributed by atoms with E-state index in [9.17, 15) is 13.5 Å². The molecule has 1 saturated carbocycles. The predicted molar refractivity (Wildman–Crippen MR) is 71.9 cm³/mol. The molecule has 0 heterocycles. The fourth-order valence-corrected chi connectivity index (χ4v) is 3.86. The van der Waals surface area contributed by atoms with Crippen molar-refractivity contribution < 1.29 is 13.5 Å². The second kappa shape index (κ2) is 5.28. The Bertz CT molecular complexity index is 487. The van der Waals surface area contributed by atoms with E-state index in [1.165, 1.54) is 0 Å². The van der Waals surface area contributed by atoms with Crippen molar-refractivity contribution in [2.45, 2.75) is 44.0 Å². The van der Waals surface area contributed by atoms with E-state index in [-0.39, 0.29) is 5.25 Å². The number of aliphatic hydroxyl groups excluding tert-OH is 1. The normalized spacial score (nSPS) is 18.8. The smallest absolute Gasteiger partial charge is 0.235 e. The largest absolute Gasteiger partial charge is 0.389 e. The number of hydrogen-bond acceptors (Lipinski definition) is 3. The number of rotatable bonds is 4. The molecule has 1 aromatic rings. The third-order valence-electron chi connectivity index (χ3n) is 3.39. The summed E-state index contributed by atoms with van der Waals surface area (Å²) in [6.07, 6.45) is 2.95. The van der Waals surface area contributed by atoms with E-state index in [1.807, 2.05) is 0 Å². The molecule has 0 spiro atoms. The van der Waals surface area contributed by atoms with Crippen LogP contribution in [0.2, 0.25) is 0 Å². The van der Waals surface area contributed by atoms with Crippen LogP contribution in [0.25, 0.3) is 0 Å². The van der Waals surface area contributed by atoms with Gasteiger partial charge in [-0.15, -0.1) is 0 Å². The molecule has 18 heavy (non-hydrogen) atoms. The van der Waals surface area contributed by atoms with Crippen LogP contribution in [0.5, 0.6) is 0 Å². The molecular weight excluding hydrogens is 250 g/mol. The molecule has 0 radical (unpaired) electrons. The van der Waals surface area contributed by atoms with Crippen LogP contribution < -0.4 is 4.72 Å². The van der Waals surface area contributed by atoms with Gasteiger partial charge in [0.1, 0.15) is 0 Å². The summed E-state index contributed by atoms with van der Waals surface area (Å²) in [6.45, 7) is 1.68. The van der Waals surface area contributed by atoms with E-state index in [0.717, 1.165) is 31.2 Å². The van der Waals surface area contributed by atoms with Crippen LogP contribution >= 0.6 is 0 Å². The van der Waals surface area contributed by atoms with Crippen LogP contribution in [-0.4, -0.2) is 18.8 Å². The molecule has 2 N–H and O–H groups in total. The fourth-order valence-electron chi connectivity index (χ4n) is 2.28. The predicted octanol–water partition coefficient (Wildman–Crippen LogP) is 2.42. The van der Waals surface area contributed by atoms with Crippen molar-refractivity contribution in [3.8, 4) is 0 Å². The molecule has 1 aromatic carbocycles. The Hall–Kier alpha value is -1.07. The maximum atomic E-state index is 12.1. The average Bonchev–Trinajstić information content (AvgIpc) is 2.83. The summed E-state index contributed by atoms with van der Waals surface area (Å²) in [5.74, 6) is 0. The Kier molecular flexibility index (Phi) is 3.92. The summed E-state index contributed by atoms with van der Waals surface area (Å²) in [4.78, 5) is 0. The lowest BCUT2D eigenvalue weighted by molar-refractivity contribution is 0.199. The average molecular weight is 269 g/mol. The Balaban J connectivity index is 2.09. The Morgan fingerprint density at radius 1 is 1.22 bits per heavy atom. The standard InChI is InChI=1S/C13H19NO3S/c1-10(15)11-6-8-12(9-7-11)14-18(16,17)13-4-2-3-5-13/h6-10,13-15H,2-5H2,1H3. The first-order chi connectivity index (χ1) is 8.49. The van der Waals surface area contributed by atoms with E-state index in [0.29, 0.717) is 5.69 Å². The van der Waals surface area contributed by atoms with Crippen LogP contribution in [0.3, 0.4) is 0 Å². The van der Waals surface area contributed by atoms with E-state index >= 15 is 0 Å². The zero-order valence-electron chi connectivity index (χ0n) is 10.5. The van der Waals surface area contributed by atoms with Crippen LogP contribution in [0.4, 0.5) is 5.69 Å². The maximum absolute atomic E-state index is 12.1. The Morgan fingerprint density at radius 2 is 1.78 bits per heavy atom. The number of nitrogens with one attached hydrogen (secondary N) is 1. The van der Waals surface area contributed by atoms with Gasteiger partial charge in [0, 0.05) is 5.69 Å². The first kappa shape index (κ1) is 13.4. The van der Waals surface area contributed by atoms with Gasteiger partial charge in [0.15, 0.2) is 0 Å². The van der Waals surface area contributed by atoms with Crippen molar-refractivity contribution in [1.82, 2.24) is 0 Å². The first-order valence-electron chi connectivity index (χ1n) is 6.29. The highest BCUT2D eigenvalue weighted by Crippen LogP contribution is 2.26. The number of anilines is 1. The molecule has 100 valence electrons. The Labute approximate surface area is 108 Å². The van der Waals surface area contributed by atoms with Crippen molar-refractivity contribution >= 4 is 15.7 Å². The molecule has 1 unspecified atom stereocenters. The van der Waals surface area contributed by atoms with Gasteiger partial charge in [-0.3, -0.25) is 4.72 Å². The van der Waals surface area contributed by atoms with Gasteiger partial charge in [-0.05, 0) is 37.5 Å². The van der Waals surface area contributed by atoms with Gasteiger partial charge in [-0.1, -0.05) is 25.0 Å². The molecule has 0 aliphatic heterocycles. The lowest BCUT2D eigenvalue weighted by Crippen LogP contribution is -2.25. The molecular formula is C13H19NO3S. The molecule has 1 atom stereocenters. The second-order valence-corrected chi connectivity index (χ2v) is 6.81. The van der Waals surface area contributed by atoms with E-state index in [4.69, 9.17) is 0 Å². The van der Waals surface area contributed by atoms with Crippen molar-refractivity contribution in [2.75, 3.05) is 4.72 Å². The molecule has 1 fully saturated rings. The highest BCUT2D eigenvalue weighted by molar-refractivity contribution is 7.93. The van der Waals surface area contributed by atoms with Gasteiger partial charge in [0.25, 0.3) is 0 Å². The second-order valence-electron chi connectivity index (χ2n) is 4.85. The number of hydrogen-bond donors (Lipinski definition) is 2. The summed E-state index contributed by atoms with van der Waals surface area (Å²) in [7, 11) is -3.26. The monoisotopic (exact) mass is 269 g/mol. The van der Waals surface area contributed by atoms with Gasteiger partial charge in [0.2, 0.25) is 10.0 Å². The highest BCUT2D eigenvalue weighted by atomic mass is 32.2. The van der Waals surface area contributed by atoms with E-state index in [2.05, 4.69) is 4.72 Å². The molecule has 0 amide bonds. The lowest BCUT2D eigenvalue weighted by atomic mass is 10.1. The van der Waals surface area contributed by atoms with Gasteiger partial charge < -0.3 is 5.11 Å². The molecule has 0 saturated heterocycles. The Morgan fingerprint density at radius 3 is 2.28 bits per heavy atom. The van der Waals surface area contributed by atoms with Gasteiger partial charge >= 0.3 is 0 Å². The van der Waals surface area contributed by atoms with Crippen LogP contribution in [0.15, 0.2) is 24.3 Å². The summed E-state index contributed by atoms with van der Waals surface area (Å²) < 4.78 is 26.7. The summed E-state index contributed by atoms with van der Waals surface area (Å²) in [5, 5.41) is 9.13. The SMILES string of the molecule is CC(O)c1ccc(NS(=O)(=O)C2CCCC2)cc1. The molecule has 2 rings (SSSR count). The minimum Gasteiger partial charge on any atom is -0.389 e. The van der Waals surface area contributed by atoms with Crippen LogP contribution in [-0.2, 0) is 10.0 Å². The van der Waals surface area contributed by atoms with E-state index in [1.54, 1.807) is 31.2 Å². The minimum absolute atomic E-state index is 0.256. The molecule has 5 heteroatoms. The van der Waals surface area contributed by atoms with Crippen molar-refractivity contribution in [1.29, 1.82) is 0 Å². The van der Waals surface area contributed by atoms with Crippen LogP contribution in [0, 0.1) is 0 Å².